The lowest BCUT2D eigenvalue weighted by molar-refractivity contribution is -0.129. The molecular formula is C20H27N5O2. The lowest BCUT2D eigenvalue weighted by atomic mass is 10.1. The van der Waals surface area contributed by atoms with E-state index in [2.05, 4.69) is 20.4 Å². The van der Waals surface area contributed by atoms with Gasteiger partial charge in [-0.05, 0) is 44.6 Å². The van der Waals surface area contributed by atoms with Gasteiger partial charge in [-0.3, -0.25) is 14.7 Å². The maximum Gasteiger partial charge on any atom is 0.251 e. The largest absolute Gasteiger partial charge is 0.352 e. The zero-order valence-corrected chi connectivity index (χ0v) is 15.9. The Kier molecular flexibility index (Phi) is 6.24. The quantitative estimate of drug-likeness (QED) is 0.743. The highest BCUT2D eigenvalue weighted by Crippen LogP contribution is 2.21. The zero-order chi connectivity index (χ0) is 19.2. The van der Waals surface area contributed by atoms with Crippen molar-refractivity contribution in [1.29, 1.82) is 0 Å². The highest BCUT2D eigenvalue weighted by molar-refractivity contribution is 5.95. The third-order valence-electron chi connectivity index (χ3n) is 4.96. The summed E-state index contributed by atoms with van der Waals surface area (Å²) in [5.74, 6) is 0.130. The van der Waals surface area contributed by atoms with E-state index in [9.17, 15) is 9.59 Å². The smallest absolute Gasteiger partial charge is 0.251 e. The molecule has 1 fully saturated rings. The van der Waals surface area contributed by atoms with Crippen molar-refractivity contribution in [2.24, 2.45) is 0 Å². The van der Waals surface area contributed by atoms with Crippen molar-refractivity contribution >= 4 is 11.8 Å². The number of aromatic nitrogens is 2. The number of nitrogens with zero attached hydrogens (tertiary/aromatic N) is 3. The molecule has 1 saturated heterocycles. The summed E-state index contributed by atoms with van der Waals surface area (Å²) >= 11 is 0. The summed E-state index contributed by atoms with van der Waals surface area (Å²) in [4.78, 5) is 28.6. The highest BCUT2D eigenvalue weighted by Gasteiger charge is 2.30. The first-order chi connectivity index (χ1) is 13.0. The Labute approximate surface area is 159 Å². The number of amides is 2. The van der Waals surface area contributed by atoms with Gasteiger partial charge < -0.3 is 15.1 Å². The second-order valence-corrected chi connectivity index (χ2v) is 7.20. The highest BCUT2D eigenvalue weighted by atomic mass is 16.2. The van der Waals surface area contributed by atoms with Crippen LogP contribution in [0.15, 0.2) is 36.7 Å². The van der Waals surface area contributed by atoms with Crippen LogP contribution in [0.3, 0.4) is 0 Å². The standard InChI is InChI=1S/C20H27N5O2/c1-24(2)10-11-25-18(6-7-19(25)26)8-9-21-20(27)16-5-3-4-15(12-16)17-13-22-23-14-17/h3-5,12-14,18H,6-11H2,1-2H3,(H,21,27)(H,22,23)/t18-/m1/s1. The molecule has 1 aromatic carbocycles. The van der Waals surface area contributed by atoms with Crippen molar-refractivity contribution in [2.45, 2.75) is 25.3 Å². The molecule has 0 aliphatic carbocycles. The fraction of sp³-hybridized carbons (Fsp3) is 0.450. The Balaban J connectivity index is 1.52. The fourth-order valence-electron chi connectivity index (χ4n) is 3.41. The summed E-state index contributed by atoms with van der Waals surface area (Å²) in [6.45, 7) is 2.16. The van der Waals surface area contributed by atoms with Crippen LogP contribution in [-0.4, -0.2) is 71.6 Å². The molecule has 144 valence electrons. The SMILES string of the molecule is CN(C)CCN1C(=O)CC[C@@H]1CCNC(=O)c1cccc(-c2cn[nH]c2)c1. The van der Waals surface area contributed by atoms with Crippen LogP contribution in [0.2, 0.25) is 0 Å². The molecular weight excluding hydrogens is 342 g/mol. The van der Waals surface area contributed by atoms with Crippen LogP contribution in [0.5, 0.6) is 0 Å². The number of likely N-dealkylation sites (tertiary alicyclic amines) is 1. The van der Waals surface area contributed by atoms with E-state index in [1.807, 2.05) is 37.2 Å². The van der Waals surface area contributed by atoms with Gasteiger partial charge in [-0.1, -0.05) is 12.1 Å². The average molecular weight is 369 g/mol. The van der Waals surface area contributed by atoms with Crippen molar-refractivity contribution in [3.63, 3.8) is 0 Å². The van der Waals surface area contributed by atoms with Crippen LogP contribution in [-0.2, 0) is 4.79 Å². The van der Waals surface area contributed by atoms with Gasteiger partial charge in [0.15, 0.2) is 0 Å². The van der Waals surface area contributed by atoms with Crippen LogP contribution in [0.1, 0.15) is 29.6 Å². The van der Waals surface area contributed by atoms with Gasteiger partial charge in [0.25, 0.3) is 5.91 Å². The van der Waals surface area contributed by atoms with Gasteiger partial charge in [-0.15, -0.1) is 0 Å². The summed E-state index contributed by atoms with van der Waals surface area (Å²) < 4.78 is 0. The molecule has 2 amide bonds. The Morgan fingerprint density at radius 2 is 2.22 bits per heavy atom. The Bertz CT molecular complexity index is 772. The lowest BCUT2D eigenvalue weighted by Gasteiger charge is -2.26. The molecule has 0 radical (unpaired) electrons. The number of carbonyl (C=O) groups is 2. The normalized spacial score (nSPS) is 16.9. The second kappa shape index (κ2) is 8.81. The molecule has 1 aliphatic heterocycles. The van der Waals surface area contributed by atoms with Crippen molar-refractivity contribution in [3.8, 4) is 11.1 Å². The van der Waals surface area contributed by atoms with Crippen molar-refractivity contribution in [2.75, 3.05) is 33.7 Å². The second-order valence-electron chi connectivity index (χ2n) is 7.20. The zero-order valence-electron chi connectivity index (χ0n) is 15.9. The third-order valence-corrected chi connectivity index (χ3v) is 4.96. The van der Waals surface area contributed by atoms with Crippen LogP contribution in [0.25, 0.3) is 11.1 Å². The predicted molar refractivity (Wildman–Crippen MR) is 104 cm³/mol. The molecule has 1 aliphatic rings. The van der Waals surface area contributed by atoms with E-state index in [0.717, 1.165) is 37.1 Å². The number of carbonyl (C=O) groups excluding carboxylic acids is 2. The van der Waals surface area contributed by atoms with Crippen LogP contribution in [0.4, 0.5) is 0 Å². The maximum absolute atomic E-state index is 12.5. The number of hydrogen-bond acceptors (Lipinski definition) is 4. The van der Waals surface area contributed by atoms with Crippen LogP contribution in [0, 0.1) is 0 Å². The van der Waals surface area contributed by atoms with E-state index in [-0.39, 0.29) is 17.9 Å². The summed E-state index contributed by atoms with van der Waals surface area (Å²) in [5.41, 5.74) is 2.53. The number of H-pyrrole nitrogens is 1. The molecule has 7 nitrogen and oxygen atoms in total. The van der Waals surface area contributed by atoms with E-state index < -0.39 is 0 Å². The summed E-state index contributed by atoms with van der Waals surface area (Å²) in [5, 5.41) is 9.71. The number of hydrogen-bond donors (Lipinski definition) is 2. The molecule has 2 heterocycles. The minimum absolute atomic E-state index is 0.0930. The van der Waals surface area contributed by atoms with Gasteiger partial charge in [-0.2, -0.15) is 5.10 Å². The van der Waals surface area contributed by atoms with E-state index in [4.69, 9.17) is 0 Å². The number of aromatic amines is 1. The number of nitrogens with one attached hydrogen (secondary N) is 2. The van der Waals surface area contributed by atoms with Gasteiger partial charge in [0.05, 0.1) is 6.20 Å². The van der Waals surface area contributed by atoms with E-state index in [0.29, 0.717) is 18.5 Å². The Hall–Kier alpha value is -2.67. The van der Waals surface area contributed by atoms with Gasteiger partial charge in [0.2, 0.25) is 5.91 Å². The van der Waals surface area contributed by atoms with Crippen molar-refractivity contribution < 1.29 is 9.59 Å². The summed E-state index contributed by atoms with van der Waals surface area (Å²) in [6, 6.07) is 7.71. The maximum atomic E-state index is 12.5. The molecule has 7 heteroatoms. The van der Waals surface area contributed by atoms with Crippen LogP contribution >= 0.6 is 0 Å². The number of rotatable bonds is 8. The summed E-state index contributed by atoms with van der Waals surface area (Å²) in [6.07, 6.45) is 5.80. The van der Waals surface area contributed by atoms with E-state index >= 15 is 0 Å². The first-order valence-corrected chi connectivity index (χ1v) is 9.36. The molecule has 2 aromatic rings. The van der Waals surface area contributed by atoms with Gasteiger partial charge in [0.1, 0.15) is 0 Å². The first-order valence-electron chi connectivity index (χ1n) is 9.36. The minimum Gasteiger partial charge on any atom is -0.352 e. The molecule has 0 unspecified atom stereocenters. The molecule has 2 N–H and O–H groups in total. The Morgan fingerprint density at radius 1 is 1.37 bits per heavy atom. The molecule has 1 aromatic heterocycles. The topological polar surface area (TPSA) is 81.3 Å². The predicted octanol–water partition coefficient (Wildman–Crippen LogP) is 1.75. The number of likely N-dealkylation sites (N-methyl/N-ethyl adjacent to an activating group) is 1. The van der Waals surface area contributed by atoms with E-state index in [1.54, 1.807) is 18.5 Å². The van der Waals surface area contributed by atoms with Crippen LogP contribution < -0.4 is 5.32 Å². The minimum atomic E-state index is -0.0930. The van der Waals surface area contributed by atoms with E-state index in [1.165, 1.54) is 0 Å². The van der Waals surface area contributed by atoms with Gasteiger partial charge in [0, 0.05) is 49.4 Å². The van der Waals surface area contributed by atoms with Gasteiger partial charge >= 0.3 is 0 Å². The molecule has 0 spiro atoms. The lowest BCUT2D eigenvalue weighted by Crippen LogP contribution is -2.40. The van der Waals surface area contributed by atoms with Crippen molar-refractivity contribution in [3.05, 3.63) is 42.2 Å². The molecule has 0 bridgehead atoms. The molecule has 1 atom stereocenters. The summed E-state index contributed by atoms with van der Waals surface area (Å²) in [7, 11) is 4.01. The Morgan fingerprint density at radius 3 is 2.96 bits per heavy atom. The van der Waals surface area contributed by atoms with Crippen molar-refractivity contribution in [1.82, 2.24) is 25.3 Å². The first kappa shape index (κ1) is 19.1. The van der Waals surface area contributed by atoms with Gasteiger partial charge in [-0.25, -0.2) is 0 Å². The molecule has 0 saturated carbocycles. The fourth-order valence-corrected chi connectivity index (χ4v) is 3.41. The number of benzene rings is 1. The monoisotopic (exact) mass is 369 g/mol. The third kappa shape index (κ3) is 4.95. The molecule has 3 rings (SSSR count). The average Bonchev–Trinajstić information content (AvgIpc) is 3.30. The molecule has 27 heavy (non-hydrogen) atoms.